The summed E-state index contributed by atoms with van der Waals surface area (Å²) in [6.45, 7) is 4.91. The average molecular weight is 214 g/mol. The second-order valence-electron chi connectivity index (χ2n) is 3.72. The van der Waals surface area contributed by atoms with Crippen molar-refractivity contribution in [1.29, 1.82) is 0 Å². The van der Waals surface area contributed by atoms with Crippen molar-refractivity contribution in [3.63, 3.8) is 0 Å². The molecule has 1 aliphatic rings. The lowest BCUT2D eigenvalue weighted by Gasteiger charge is -2.30. The Morgan fingerprint density at radius 2 is 2.27 bits per heavy atom. The molecule has 1 heterocycles. The summed E-state index contributed by atoms with van der Waals surface area (Å²) in [6, 6.07) is -0.0604. The van der Waals surface area contributed by atoms with Gasteiger partial charge in [-0.1, -0.05) is 0 Å². The van der Waals surface area contributed by atoms with E-state index in [4.69, 9.17) is 0 Å². The van der Waals surface area contributed by atoms with Crippen LogP contribution in [0.4, 0.5) is 4.79 Å². The molecule has 0 aromatic rings. The van der Waals surface area contributed by atoms with Crippen LogP contribution in [0, 0.1) is 0 Å². The van der Waals surface area contributed by atoms with Crippen molar-refractivity contribution in [3.05, 3.63) is 0 Å². The highest BCUT2D eigenvalue weighted by molar-refractivity contribution is 5.95. The Labute approximate surface area is 89.4 Å². The minimum absolute atomic E-state index is 0.261. The van der Waals surface area contributed by atoms with Gasteiger partial charge in [0.1, 0.15) is 0 Å². The van der Waals surface area contributed by atoms with Crippen LogP contribution in [0.15, 0.2) is 0 Å². The van der Waals surface area contributed by atoms with Crippen molar-refractivity contribution in [2.45, 2.75) is 13.0 Å². The monoisotopic (exact) mass is 214 g/mol. The molecule has 0 aromatic carbocycles. The zero-order chi connectivity index (χ0) is 11.3. The third kappa shape index (κ3) is 4.26. The van der Waals surface area contributed by atoms with E-state index in [1.165, 1.54) is 7.05 Å². The summed E-state index contributed by atoms with van der Waals surface area (Å²) in [5, 5.41) is 7.87. The van der Waals surface area contributed by atoms with Gasteiger partial charge in [0.15, 0.2) is 0 Å². The van der Waals surface area contributed by atoms with Crippen LogP contribution in [0.3, 0.4) is 0 Å². The van der Waals surface area contributed by atoms with Gasteiger partial charge >= 0.3 is 6.03 Å². The first kappa shape index (κ1) is 11.9. The number of piperazine rings is 1. The molecule has 86 valence electrons. The van der Waals surface area contributed by atoms with Crippen molar-refractivity contribution in [3.8, 4) is 0 Å². The van der Waals surface area contributed by atoms with Gasteiger partial charge in [0.25, 0.3) is 0 Å². The van der Waals surface area contributed by atoms with Crippen LogP contribution in [0.2, 0.25) is 0 Å². The van der Waals surface area contributed by atoms with E-state index in [1.807, 2.05) is 4.90 Å². The molecule has 3 amide bonds. The average Bonchev–Trinajstić information content (AvgIpc) is 2.17. The topological polar surface area (TPSA) is 73.5 Å². The fourth-order valence-electron chi connectivity index (χ4n) is 1.59. The predicted molar refractivity (Wildman–Crippen MR) is 56.5 cm³/mol. The van der Waals surface area contributed by atoms with Crippen molar-refractivity contribution in [2.24, 2.45) is 0 Å². The van der Waals surface area contributed by atoms with E-state index in [1.54, 1.807) is 0 Å². The number of rotatable bonds is 2. The van der Waals surface area contributed by atoms with E-state index in [-0.39, 0.29) is 12.5 Å². The van der Waals surface area contributed by atoms with Crippen LogP contribution in [-0.4, -0.2) is 56.1 Å². The van der Waals surface area contributed by atoms with Crippen molar-refractivity contribution in [1.82, 2.24) is 20.9 Å². The van der Waals surface area contributed by atoms with Crippen LogP contribution in [0.25, 0.3) is 0 Å². The first-order valence-corrected chi connectivity index (χ1v) is 5.09. The van der Waals surface area contributed by atoms with Crippen molar-refractivity contribution < 1.29 is 9.59 Å². The fraction of sp³-hybridized carbons (Fsp3) is 0.778. The summed E-state index contributed by atoms with van der Waals surface area (Å²) in [6.07, 6.45) is 0. The minimum atomic E-state index is -0.455. The highest BCUT2D eigenvalue weighted by atomic mass is 16.2. The number of amides is 3. The van der Waals surface area contributed by atoms with Gasteiger partial charge in [-0.3, -0.25) is 15.0 Å². The number of hydrogen-bond donors (Lipinski definition) is 3. The van der Waals surface area contributed by atoms with Gasteiger partial charge in [-0.05, 0) is 6.92 Å². The van der Waals surface area contributed by atoms with Crippen LogP contribution in [-0.2, 0) is 4.79 Å². The van der Waals surface area contributed by atoms with Gasteiger partial charge in [0, 0.05) is 32.7 Å². The van der Waals surface area contributed by atoms with Gasteiger partial charge in [0.2, 0.25) is 5.91 Å². The quantitative estimate of drug-likeness (QED) is 0.536. The zero-order valence-corrected chi connectivity index (χ0v) is 9.17. The number of hydrogen-bond acceptors (Lipinski definition) is 4. The number of imide groups is 1. The third-order valence-corrected chi connectivity index (χ3v) is 2.30. The summed E-state index contributed by atoms with van der Waals surface area (Å²) in [5.74, 6) is -0.261. The Morgan fingerprint density at radius 1 is 1.53 bits per heavy atom. The van der Waals surface area contributed by atoms with Gasteiger partial charge in [-0.2, -0.15) is 0 Å². The lowest BCUT2D eigenvalue weighted by atomic mass is 10.2. The zero-order valence-electron chi connectivity index (χ0n) is 9.17. The van der Waals surface area contributed by atoms with E-state index < -0.39 is 6.03 Å². The fourth-order valence-corrected chi connectivity index (χ4v) is 1.59. The Morgan fingerprint density at radius 3 is 2.87 bits per heavy atom. The van der Waals surface area contributed by atoms with Crippen LogP contribution >= 0.6 is 0 Å². The molecule has 1 unspecified atom stereocenters. The molecule has 1 rings (SSSR count). The van der Waals surface area contributed by atoms with E-state index in [0.717, 1.165) is 19.6 Å². The maximum absolute atomic E-state index is 11.4. The maximum atomic E-state index is 11.4. The molecule has 1 aliphatic heterocycles. The summed E-state index contributed by atoms with van der Waals surface area (Å²) in [5.41, 5.74) is 0. The standard InChI is InChI=1S/C9H18N4O2/c1-7-5-13(4-3-11-7)6-8(14)12-9(15)10-2/h7,11H,3-6H2,1-2H3,(H2,10,12,14,15). The molecule has 0 aliphatic carbocycles. The van der Waals surface area contributed by atoms with Crippen LogP contribution in [0.5, 0.6) is 0 Å². The number of carbonyl (C=O) groups is 2. The number of nitrogens with one attached hydrogen (secondary N) is 3. The number of urea groups is 1. The summed E-state index contributed by atoms with van der Waals surface area (Å²) in [4.78, 5) is 24.2. The Balaban J connectivity index is 2.27. The minimum Gasteiger partial charge on any atom is -0.341 e. The maximum Gasteiger partial charge on any atom is 0.321 e. The SMILES string of the molecule is CNC(=O)NC(=O)CN1CCNC(C)C1. The van der Waals surface area contributed by atoms with E-state index >= 15 is 0 Å². The first-order chi connectivity index (χ1) is 7.11. The van der Waals surface area contributed by atoms with Gasteiger partial charge in [-0.25, -0.2) is 4.79 Å². The van der Waals surface area contributed by atoms with Crippen LogP contribution < -0.4 is 16.0 Å². The molecule has 0 radical (unpaired) electrons. The van der Waals surface area contributed by atoms with Crippen LogP contribution in [0.1, 0.15) is 6.92 Å². The summed E-state index contributed by atoms with van der Waals surface area (Å²) >= 11 is 0. The molecule has 0 spiro atoms. The number of nitrogens with zero attached hydrogens (tertiary/aromatic N) is 1. The molecule has 0 aromatic heterocycles. The molecule has 3 N–H and O–H groups in total. The molecule has 1 atom stereocenters. The van der Waals surface area contributed by atoms with Gasteiger partial charge in [0.05, 0.1) is 6.54 Å². The second kappa shape index (κ2) is 5.67. The molecule has 0 bridgehead atoms. The molecule has 6 heteroatoms. The first-order valence-electron chi connectivity index (χ1n) is 5.09. The molecule has 0 saturated carbocycles. The molecule has 15 heavy (non-hydrogen) atoms. The van der Waals surface area contributed by atoms with Gasteiger partial charge < -0.3 is 10.6 Å². The second-order valence-corrected chi connectivity index (χ2v) is 3.72. The summed E-state index contributed by atoms with van der Waals surface area (Å²) in [7, 11) is 1.48. The van der Waals surface area contributed by atoms with Crippen molar-refractivity contribution in [2.75, 3.05) is 33.2 Å². The highest BCUT2D eigenvalue weighted by Crippen LogP contribution is 1.97. The number of carbonyl (C=O) groups excluding carboxylic acids is 2. The highest BCUT2D eigenvalue weighted by Gasteiger charge is 2.18. The van der Waals surface area contributed by atoms with Crippen molar-refractivity contribution >= 4 is 11.9 Å². The van der Waals surface area contributed by atoms with E-state index in [2.05, 4.69) is 22.9 Å². The Bertz CT molecular complexity index is 244. The van der Waals surface area contributed by atoms with Gasteiger partial charge in [-0.15, -0.1) is 0 Å². The normalized spacial score (nSPS) is 22.1. The molecular formula is C9H18N4O2. The Hall–Kier alpha value is -1.14. The predicted octanol–water partition coefficient (Wildman–Crippen LogP) is -1.26. The molecule has 1 saturated heterocycles. The lowest BCUT2D eigenvalue weighted by molar-refractivity contribution is -0.121. The van der Waals surface area contributed by atoms with E-state index in [9.17, 15) is 9.59 Å². The largest absolute Gasteiger partial charge is 0.341 e. The Kier molecular flexibility index (Phi) is 4.51. The molecular weight excluding hydrogens is 196 g/mol. The third-order valence-electron chi connectivity index (χ3n) is 2.30. The summed E-state index contributed by atoms with van der Waals surface area (Å²) < 4.78 is 0. The molecule has 1 fully saturated rings. The van der Waals surface area contributed by atoms with E-state index in [0.29, 0.717) is 6.04 Å². The smallest absolute Gasteiger partial charge is 0.321 e. The molecule has 6 nitrogen and oxygen atoms in total. The lowest BCUT2D eigenvalue weighted by Crippen LogP contribution is -2.52.